The molecular weight excluding hydrogens is 228 g/mol. The highest BCUT2D eigenvalue weighted by atomic mass is 16.5. The fourth-order valence-electron chi connectivity index (χ4n) is 1.63. The highest BCUT2D eigenvalue weighted by molar-refractivity contribution is 5.75. The van der Waals surface area contributed by atoms with Gasteiger partial charge in [0.05, 0.1) is 13.0 Å². The summed E-state index contributed by atoms with van der Waals surface area (Å²) in [5.74, 6) is 0.890. The average molecular weight is 250 g/mol. The highest BCUT2D eigenvalue weighted by Crippen LogP contribution is 2.19. The van der Waals surface area contributed by atoms with Crippen LogP contribution >= 0.6 is 0 Å². The third kappa shape index (κ3) is 4.75. The first kappa shape index (κ1) is 14.5. The van der Waals surface area contributed by atoms with Gasteiger partial charge in [0.15, 0.2) is 0 Å². The van der Waals surface area contributed by atoms with Crippen molar-refractivity contribution in [3.8, 4) is 5.75 Å². The first-order chi connectivity index (χ1) is 8.50. The summed E-state index contributed by atoms with van der Waals surface area (Å²) in [4.78, 5) is 13.0. The topological polar surface area (TPSA) is 55.6 Å². The Labute approximate surface area is 109 Å². The van der Waals surface area contributed by atoms with Crippen molar-refractivity contribution in [1.82, 2.24) is 4.90 Å². The number of amides is 1. The lowest BCUT2D eigenvalue weighted by molar-refractivity contribution is -0.129. The van der Waals surface area contributed by atoms with E-state index in [1.807, 2.05) is 31.2 Å². The maximum atomic E-state index is 11.4. The van der Waals surface area contributed by atoms with Crippen molar-refractivity contribution in [3.05, 3.63) is 29.8 Å². The van der Waals surface area contributed by atoms with Crippen LogP contribution in [0.2, 0.25) is 0 Å². The van der Waals surface area contributed by atoms with Crippen LogP contribution in [0.25, 0.3) is 0 Å². The maximum Gasteiger partial charge on any atom is 0.225 e. The molecular formula is C14H22N2O2. The van der Waals surface area contributed by atoms with Crippen LogP contribution in [-0.4, -0.2) is 37.6 Å². The number of hydrogen-bond donors (Lipinski definition) is 1. The summed E-state index contributed by atoms with van der Waals surface area (Å²) >= 11 is 0. The summed E-state index contributed by atoms with van der Waals surface area (Å²) in [6, 6.07) is 7.91. The largest absolute Gasteiger partial charge is 0.493 e. The SMILES string of the molecule is CC(N)Cc1ccccc1OCCC(=O)N(C)C. The molecule has 18 heavy (non-hydrogen) atoms. The molecule has 0 fully saturated rings. The van der Waals surface area contributed by atoms with E-state index < -0.39 is 0 Å². The van der Waals surface area contributed by atoms with Gasteiger partial charge in [-0.1, -0.05) is 18.2 Å². The number of carbonyl (C=O) groups is 1. The van der Waals surface area contributed by atoms with Crippen molar-refractivity contribution in [3.63, 3.8) is 0 Å². The van der Waals surface area contributed by atoms with E-state index in [0.29, 0.717) is 13.0 Å². The summed E-state index contributed by atoms with van der Waals surface area (Å²) in [6.07, 6.45) is 1.16. The summed E-state index contributed by atoms with van der Waals surface area (Å²) < 4.78 is 5.66. The molecule has 0 aliphatic rings. The Bertz CT molecular complexity index is 389. The van der Waals surface area contributed by atoms with E-state index in [0.717, 1.165) is 17.7 Å². The third-order valence-corrected chi connectivity index (χ3v) is 2.59. The Kier molecular flexibility index (Phi) is 5.65. The molecule has 1 aromatic carbocycles. The molecule has 4 nitrogen and oxygen atoms in total. The Balaban J connectivity index is 2.54. The first-order valence-corrected chi connectivity index (χ1v) is 6.17. The minimum Gasteiger partial charge on any atom is -0.493 e. The second-order valence-corrected chi connectivity index (χ2v) is 4.68. The molecule has 0 aliphatic heterocycles. The van der Waals surface area contributed by atoms with Crippen LogP contribution in [0.5, 0.6) is 5.75 Å². The Morgan fingerprint density at radius 2 is 2.06 bits per heavy atom. The number of carbonyl (C=O) groups excluding carboxylic acids is 1. The summed E-state index contributed by atoms with van der Waals surface area (Å²) in [5, 5.41) is 0. The van der Waals surface area contributed by atoms with Gasteiger partial charge in [-0.25, -0.2) is 0 Å². The van der Waals surface area contributed by atoms with Crippen LogP contribution < -0.4 is 10.5 Å². The van der Waals surface area contributed by atoms with Gasteiger partial charge >= 0.3 is 0 Å². The van der Waals surface area contributed by atoms with Gasteiger partial charge in [-0.15, -0.1) is 0 Å². The standard InChI is InChI=1S/C14H22N2O2/c1-11(15)10-12-6-4-5-7-13(12)18-9-8-14(17)16(2)3/h4-7,11H,8-10,15H2,1-3H3. The smallest absolute Gasteiger partial charge is 0.225 e. The number of benzene rings is 1. The average Bonchev–Trinajstić information content (AvgIpc) is 2.30. The van der Waals surface area contributed by atoms with Crippen molar-refractivity contribution in [1.29, 1.82) is 0 Å². The minimum atomic E-state index is 0.0691. The molecule has 4 heteroatoms. The Hall–Kier alpha value is -1.55. The summed E-state index contributed by atoms with van der Waals surface area (Å²) in [5.41, 5.74) is 6.88. The zero-order valence-electron chi connectivity index (χ0n) is 11.3. The third-order valence-electron chi connectivity index (χ3n) is 2.59. The molecule has 0 saturated carbocycles. The van der Waals surface area contributed by atoms with E-state index in [4.69, 9.17) is 10.5 Å². The second-order valence-electron chi connectivity index (χ2n) is 4.68. The number of para-hydroxylation sites is 1. The predicted octanol–water partition coefficient (Wildman–Crippen LogP) is 1.43. The fourth-order valence-corrected chi connectivity index (χ4v) is 1.63. The van der Waals surface area contributed by atoms with Gasteiger partial charge in [-0.3, -0.25) is 4.79 Å². The van der Waals surface area contributed by atoms with Crippen LogP contribution in [0.4, 0.5) is 0 Å². The first-order valence-electron chi connectivity index (χ1n) is 6.17. The van der Waals surface area contributed by atoms with Crippen LogP contribution in [0.3, 0.4) is 0 Å². The molecule has 0 saturated heterocycles. The molecule has 1 rings (SSSR count). The molecule has 0 heterocycles. The van der Waals surface area contributed by atoms with Gasteiger partial charge in [0, 0.05) is 20.1 Å². The fraction of sp³-hybridized carbons (Fsp3) is 0.500. The molecule has 0 aliphatic carbocycles. The zero-order valence-corrected chi connectivity index (χ0v) is 11.3. The molecule has 2 N–H and O–H groups in total. The van der Waals surface area contributed by atoms with Crippen LogP contribution in [-0.2, 0) is 11.2 Å². The monoisotopic (exact) mass is 250 g/mol. The molecule has 0 aromatic heterocycles. The molecule has 0 radical (unpaired) electrons. The van der Waals surface area contributed by atoms with Crippen molar-refractivity contribution < 1.29 is 9.53 Å². The van der Waals surface area contributed by atoms with Gasteiger partial charge in [0.25, 0.3) is 0 Å². The molecule has 0 spiro atoms. The van der Waals surface area contributed by atoms with Gasteiger partial charge in [0.2, 0.25) is 5.91 Å². The molecule has 0 bridgehead atoms. The van der Waals surface area contributed by atoms with Crippen molar-refractivity contribution in [2.75, 3.05) is 20.7 Å². The van der Waals surface area contributed by atoms with Gasteiger partial charge in [0.1, 0.15) is 5.75 Å². The number of ether oxygens (including phenoxy) is 1. The van der Waals surface area contributed by atoms with E-state index in [1.54, 1.807) is 19.0 Å². The second kappa shape index (κ2) is 7.01. The quantitative estimate of drug-likeness (QED) is 0.831. The lowest BCUT2D eigenvalue weighted by atomic mass is 10.1. The van der Waals surface area contributed by atoms with Gasteiger partial charge < -0.3 is 15.4 Å². The van der Waals surface area contributed by atoms with Crippen molar-refractivity contribution in [2.45, 2.75) is 25.8 Å². The van der Waals surface area contributed by atoms with E-state index in [-0.39, 0.29) is 11.9 Å². The Morgan fingerprint density at radius 1 is 1.39 bits per heavy atom. The normalized spacial score (nSPS) is 12.0. The lowest BCUT2D eigenvalue weighted by Crippen LogP contribution is -2.23. The highest BCUT2D eigenvalue weighted by Gasteiger charge is 2.07. The van der Waals surface area contributed by atoms with E-state index in [1.165, 1.54) is 0 Å². The molecule has 1 unspecified atom stereocenters. The lowest BCUT2D eigenvalue weighted by Gasteiger charge is -2.14. The van der Waals surface area contributed by atoms with E-state index >= 15 is 0 Å². The van der Waals surface area contributed by atoms with Crippen LogP contribution in [0, 0.1) is 0 Å². The minimum absolute atomic E-state index is 0.0691. The van der Waals surface area contributed by atoms with Gasteiger partial charge in [-0.2, -0.15) is 0 Å². The van der Waals surface area contributed by atoms with Crippen LogP contribution in [0.15, 0.2) is 24.3 Å². The number of rotatable bonds is 6. The Morgan fingerprint density at radius 3 is 2.67 bits per heavy atom. The number of nitrogens with two attached hydrogens (primary N) is 1. The molecule has 1 amide bonds. The summed E-state index contributed by atoms with van der Waals surface area (Å²) in [6.45, 7) is 2.36. The van der Waals surface area contributed by atoms with Gasteiger partial charge in [-0.05, 0) is 25.0 Å². The molecule has 1 atom stereocenters. The zero-order chi connectivity index (χ0) is 13.5. The van der Waals surface area contributed by atoms with E-state index in [2.05, 4.69) is 0 Å². The van der Waals surface area contributed by atoms with Crippen LogP contribution in [0.1, 0.15) is 18.9 Å². The summed E-state index contributed by atoms with van der Waals surface area (Å²) in [7, 11) is 3.48. The maximum absolute atomic E-state index is 11.4. The van der Waals surface area contributed by atoms with E-state index in [9.17, 15) is 4.79 Å². The molecule has 100 valence electrons. The number of hydrogen-bond acceptors (Lipinski definition) is 3. The molecule has 1 aromatic rings. The predicted molar refractivity (Wildman–Crippen MR) is 72.6 cm³/mol. The van der Waals surface area contributed by atoms with Crippen molar-refractivity contribution in [2.24, 2.45) is 5.73 Å². The number of nitrogens with zero attached hydrogens (tertiary/aromatic N) is 1. The van der Waals surface area contributed by atoms with Crippen molar-refractivity contribution >= 4 is 5.91 Å².